The zero-order valence-corrected chi connectivity index (χ0v) is 19.9. The van der Waals surface area contributed by atoms with Crippen LogP contribution in [0.15, 0.2) is 82.6 Å². The van der Waals surface area contributed by atoms with Crippen LogP contribution >= 0.6 is 23.4 Å². The first-order chi connectivity index (χ1) is 16.5. The van der Waals surface area contributed by atoms with Crippen molar-refractivity contribution in [2.75, 3.05) is 36.0 Å². The zero-order chi connectivity index (χ0) is 23.7. The number of benzene rings is 3. The second-order valence-corrected chi connectivity index (χ2v) is 9.86. The summed E-state index contributed by atoms with van der Waals surface area (Å²) >= 11 is 7.50. The summed E-state index contributed by atoms with van der Waals surface area (Å²) in [5.41, 5.74) is 1.58. The summed E-state index contributed by atoms with van der Waals surface area (Å²) in [4.78, 5) is 33.9. The Morgan fingerprint density at radius 3 is 2.24 bits per heavy atom. The van der Waals surface area contributed by atoms with Gasteiger partial charge in [0.2, 0.25) is 5.91 Å². The van der Waals surface area contributed by atoms with E-state index in [2.05, 4.69) is 9.80 Å². The highest BCUT2D eigenvalue weighted by Gasteiger charge is 2.44. The zero-order valence-electron chi connectivity index (χ0n) is 18.4. The van der Waals surface area contributed by atoms with Crippen molar-refractivity contribution in [2.45, 2.75) is 22.3 Å². The number of hydrogen-bond acceptors (Lipinski definition) is 5. The van der Waals surface area contributed by atoms with Gasteiger partial charge in [0.15, 0.2) is 0 Å². The van der Waals surface area contributed by atoms with Crippen LogP contribution in [-0.4, -0.2) is 48.9 Å². The van der Waals surface area contributed by atoms with E-state index in [4.69, 9.17) is 11.6 Å². The Kier molecular flexibility index (Phi) is 6.59. The topological polar surface area (TPSA) is 43.9 Å². The number of halogens is 2. The number of rotatable bonds is 5. The van der Waals surface area contributed by atoms with E-state index in [-0.39, 0.29) is 24.1 Å². The van der Waals surface area contributed by atoms with Crippen LogP contribution in [0.3, 0.4) is 0 Å². The molecule has 5 nitrogen and oxygen atoms in total. The van der Waals surface area contributed by atoms with Gasteiger partial charge in [-0.05, 0) is 60.7 Å². The molecule has 2 heterocycles. The van der Waals surface area contributed by atoms with Crippen molar-refractivity contribution in [1.82, 2.24) is 4.90 Å². The quantitative estimate of drug-likeness (QED) is 0.462. The molecule has 2 aliphatic heterocycles. The Hall–Kier alpha value is -2.87. The van der Waals surface area contributed by atoms with Gasteiger partial charge in [-0.2, -0.15) is 0 Å². The van der Waals surface area contributed by atoms with Gasteiger partial charge in [0.1, 0.15) is 5.82 Å². The standard InChI is InChI=1S/C26H23ClFN3O2S/c27-18-5-11-21(12-6-18)34-24-4-2-1-3-22(24)31-25(32)17-23(26(31)33)30-15-13-29(14-16-30)20-9-7-19(28)8-10-20/h1-12,23H,13-17H2/t23-/m1/s1. The Bertz CT molecular complexity index is 1200. The molecule has 2 amide bonds. The van der Waals surface area contributed by atoms with Crippen LogP contribution in [0.1, 0.15) is 6.42 Å². The van der Waals surface area contributed by atoms with Gasteiger partial charge in [-0.1, -0.05) is 35.5 Å². The lowest BCUT2D eigenvalue weighted by atomic mass is 10.1. The molecule has 0 radical (unpaired) electrons. The molecule has 2 fully saturated rings. The van der Waals surface area contributed by atoms with E-state index in [1.54, 1.807) is 12.1 Å². The molecule has 2 aliphatic rings. The van der Waals surface area contributed by atoms with Crippen LogP contribution in [0.5, 0.6) is 0 Å². The molecule has 0 aromatic heterocycles. The summed E-state index contributed by atoms with van der Waals surface area (Å²) < 4.78 is 13.2. The number of hydrogen-bond donors (Lipinski definition) is 0. The third-order valence-electron chi connectivity index (χ3n) is 6.22. The Morgan fingerprint density at radius 1 is 0.853 bits per heavy atom. The summed E-state index contributed by atoms with van der Waals surface area (Å²) in [6.07, 6.45) is 0.176. The fraction of sp³-hybridized carbons (Fsp3) is 0.231. The first-order valence-corrected chi connectivity index (χ1v) is 12.3. The summed E-state index contributed by atoms with van der Waals surface area (Å²) in [7, 11) is 0. The van der Waals surface area contributed by atoms with Gasteiger partial charge in [0, 0.05) is 46.7 Å². The monoisotopic (exact) mass is 495 g/mol. The first-order valence-electron chi connectivity index (χ1n) is 11.1. The van der Waals surface area contributed by atoms with Crippen LogP contribution in [0.4, 0.5) is 15.8 Å². The minimum Gasteiger partial charge on any atom is -0.369 e. The van der Waals surface area contributed by atoms with Crippen LogP contribution in [0.25, 0.3) is 0 Å². The summed E-state index contributed by atoms with van der Waals surface area (Å²) in [5, 5.41) is 0.657. The molecular formula is C26H23ClFN3O2S. The highest BCUT2D eigenvalue weighted by Crippen LogP contribution is 2.38. The third kappa shape index (κ3) is 4.69. The second kappa shape index (κ2) is 9.78. The Morgan fingerprint density at radius 2 is 1.53 bits per heavy atom. The number of para-hydroxylation sites is 1. The molecule has 3 aromatic carbocycles. The average Bonchev–Trinajstić information content (AvgIpc) is 3.15. The van der Waals surface area contributed by atoms with Crippen molar-refractivity contribution in [1.29, 1.82) is 0 Å². The highest BCUT2D eigenvalue weighted by molar-refractivity contribution is 7.99. The number of carbonyl (C=O) groups excluding carboxylic acids is 2. The number of carbonyl (C=O) groups is 2. The van der Waals surface area contributed by atoms with Gasteiger partial charge in [0.05, 0.1) is 18.2 Å². The number of nitrogens with zero attached hydrogens (tertiary/aromatic N) is 3. The maximum absolute atomic E-state index is 13.4. The van der Waals surface area contributed by atoms with Crippen molar-refractivity contribution in [3.05, 3.63) is 83.6 Å². The van der Waals surface area contributed by atoms with Crippen LogP contribution in [-0.2, 0) is 9.59 Å². The number of amides is 2. The highest BCUT2D eigenvalue weighted by atomic mass is 35.5. The van der Waals surface area contributed by atoms with Crippen LogP contribution in [0.2, 0.25) is 5.02 Å². The maximum Gasteiger partial charge on any atom is 0.251 e. The lowest BCUT2D eigenvalue weighted by Gasteiger charge is -2.38. The maximum atomic E-state index is 13.4. The Labute approximate surface area is 207 Å². The largest absolute Gasteiger partial charge is 0.369 e. The van der Waals surface area contributed by atoms with Crippen molar-refractivity contribution in [3.8, 4) is 0 Å². The molecule has 8 heteroatoms. The van der Waals surface area contributed by atoms with Crippen molar-refractivity contribution >= 4 is 46.6 Å². The predicted molar refractivity (Wildman–Crippen MR) is 133 cm³/mol. The van der Waals surface area contributed by atoms with E-state index in [9.17, 15) is 14.0 Å². The first kappa shape index (κ1) is 22.9. The van der Waals surface area contributed by atoms with Gasteiger partial charge in [-0.25, -0.2) is 9.29 Å². The van der Waals surface area contributed by atoms with Crippen molar-refractivity contribution < 1.29 is 14.0 Å². The molecule has 0 spiro atoms. The van der Waals surface area contributed by atoms with Gasteiger partial charge >= 0.3 is 0 Å². The summed E-state index contributed by atoms with van der Waals surface area (Å²) in [5.74, 6) is -0.614. The predicted octanol–water partition coefficient (Wildman–Crippen LogP) is 5.08. The van der Waals surface area contributed by atoms with Gasteiger partial charge in [0.25, 0.3) is 5.91 Å². The van der Waals surface area contributed by atoms with E-state index in [0.29, 0.717) is 36.9 Å². The van der Waals surface area contributed by atoms with Gasteiger partial charge < -0.3 is 4.90 Å². The minimum atomic E-state index is -0.462. The molecule has 174 valence electrons. The molecule has 3 aromatic rings. The van der Waals surface area contributed by atoms with E-state index < -0.39 is 6.04 Å². The minimum absolute atomic E-state index is 0.176. The lowest BCUT2D eigenvalue weighted by Crippen LogP contribution is -2.52. The molecular weight excluding hydrogens is 473 g/mol. The molecule has 0 aliphatic carbocycles. The fourth-order valence-corrected chi connectivity index (χ4v) is 5.52. The summed E-state index contributed by atoms with van der Waals surface area (Å²) in [6, 6.07) is 21.0. The molecule has 1 atom stereocenters. The average molecular weight is 496 g/mol. The van der Waals surface area contributed by atoms with Crippen LogP contribution < -0.4 is 9.80 Å². The number of anilines is 2. The fourth-order valence-electron chi connectivity index (χ4n) is 4.46. The van der Waals surface area contributed by atoms with Gasteiger partial charge in [-0.15, -0.1) is 0 Å². The number of piperazine rings is 1. The molecule has 0 N–H and O–H groups in total. The molecule has 0 unspecified atom stereocenters. The van der Waals surface area contributed by atoms with E-state index in [0.717, 1.165) is 15.5 Å². The number of imide groups is 1. The third-order valence-corrected chi connectivity index (χ3v) is 7.54. The summed E-state index contributed by atoms with van der Waals surface area (Å²) in [6.45, 7) is 2.76. The molecule has 2 saturated heterocycles. The normalized spacial score (nSPS) is 19.2. The molecule has 5 rings (SSSR count). The Balaban J connectivity index is 1.30. The van der Waals surface area contributed by atoms with E-state index in [1.165, 1.54) is 28.8 Å². The molecule has 0 saturated carbocycles. The SMILES string of the molecule is O=C1C[C@@H](N2CCN(c3ccc(F)cc3)CC2)C(=O)N1c1ccccc1Sc1ccc(Cl)cc1. The second-order valence-electron chi connectivity index (χ2n) is 8.31. The van der Waals surface area contributed by atoms with Gasteiger partial charge in [-0.3, -0.25) is 14.5 Å². The molecule has 0 bridgehead atoms. The van der Waals surface area contributed by atoms with Crippen molar-refractivity contribution in [2.24, 2.45) is 0 Å². The van der Waals surface area contributed by atoms with Crippen LogP contribution in [0, 0.1) is 5.82 Å². The lowest BCUT2D eigenvalue weighted by molar-refractivity contribution is -0.123. The smallest absolute Gasteiger partial charge is 0.251 e. The van der Waals surface area contributed by atoms with E-state index >= 15 is 0 Å². The van der Waals surface area contributed by atoms with Crippen molar-refractivity contribution in [3.63, 3.8) is 0 Å². The van der Waals surface area contributed by atoms with E-state index in [1.807, 2.05) is 48.5 Å². The molecule has 34 heavy (non-hydrogen) atoms.